The summed E-state index contributed by atoms with van der Waals surface area (Å²) in [5.41, 5.74) is 4.99. The highest BCUT2D eigenvalue weighted by atomic mass is 16.5. The molecule has 0 fully saturated rings. The molecule has 0 radical (unpaired) electrons. The molecule has 188 valence electrons. The summed E-state index contributed by atoms with van der Waals surface area (Å²) in [5, 5.41) is 21.2. The summed E-state index contributed by atoms with van der Waals surface area (Å²) in [6, 6.07) is 24.9. The summed E-state index contributed by atoms with van der Waals surface area (Å²) in [6.45, 7) is 6.19. The lowest BCUT2D eigenvalue weighted by Crippen LogP contribution is -2.45. The molecule has 0 aromatic heterocycles. The van der Waals surface area contributed by atoms with Gasteiger partial charge in [-0.25, -0.2) is 0 Å². The summed E-state index contributed by atoms with van der Waals surface area (Å²) >= 11 is 0. The number of rotatable bonds is 4. The van der Waals surface area contributed by atoms with Crippen molar-refractivity contribution in [3.63, 3.8) is 0 Å². The zero-order chi connectivity index (χ0) is 26.3. The molecule has 0 unspecified atom stereocenters. The number of nitrogens with one attached hydrogen (secondary N) is 1. The quantitative estimate of drug-likeness (QED) is 0.378. The second-order valence-corrected chi connectivity index (χ2v) is 10.7. The number of para-hydroxylation sites is 1. The highest BCUT2D eigenvalue weighted by Crippen LogP contribution is 2.51. The normalized spacial score (nSPS) is 20.5. The molecule has 37 heavy (non-hydrogen) atoms. The Labute approximate surface area is 218 Å². The Morgan fingerprint density at radius 3 is 2.24 bits per heavy atom. The molecule has 0 spiro atoms. The van der Waals surface area contributed by atoms with Crippen molar-refractivity contribution in [3.8, 4) is 5.75 Å². The van der Waals surface area contributed by atoms with Gasteiger partial charge in [0, 0.05) is 40.4 Å². The molecule has 1 atom stereocenters. The van der Waals surface area contributed by atoms with Crippen LogP contribution in [0.1, 0.15) is 49.3 Å². The smallest absolute Gasteiger partial charge is 0.162 e. The number of ketones is 1. The molecule has 2 N–H and O–H groups in total. The number of allylic oxidation sites excluding steroid dienone is 2. The van der Waals surface area contributed by atoms with Crippen molar-refractivity contribution < 1.29 is 14.6 Å². The molecule has 1 heterocycles. The molecule has 3 aromatic rings. The number of ether oxygens (including phenoxy) is 1. The maximum absolute atomic E-state index is 13.9. The van der Waals surface area contributed by atoms with Gasteiger partial charge in [0.15, 0.2) is 5.78 Å². The average molecular weight is 493 g/mol. The molecule has 3 aromatic carbocycles. The lowest BCUT2D eigenvalue weighted by molar-refractivity contribution is -0.118. The lowest BCUT2D eigenvalue weighted by atomic mass is 9.67. The molecule has 0 bridgehead atoms. The van der Waals surface area contributed by atoms with Crippen LogP contribution >= 0.6 is 0 Å². The monoisotopic (exact) mass is 492 g/mol. The van der Waals surface area contributed by atoms with Gasteiger partial charge in [-0.05, 0) is 48.6 Å². The minimum absolute atomic E-state index is 0.0101. The number of anilines is 1. The standard InChI is InChI=1S/C32H32N2O3/c1-20-10-12-22(13-11-20)30(36)29-27(21-14-16-24(37-4)17-15-21)28-25(18-32(2,3)19-26(28)35)34(31(29)33)23-8-6-5-7-9-23/h5-17,27,33,36H,18-19H2,1-4H3/t27-/m1/s1. The zero-order valence-electron chi connectivity index (χ0n) is 21.7. The Balaban J connectivity index is 1.83. The van der Waals surface area contributed by atoms with Gasteiger partial charge in [-0.15, -0.1) is 0 Å². The topological polar surface area (TPSA) is 73.6 Å². The number of benzene rings is 3. The second kappa shape index (κ2) is 9.40. The first-order valence-electron chi connectivity index (χ1n) is 12.5. The fraction of sp³-hybridized carbons (Fsp3) is 0.250. The number of hydrogen-bond donors (Lipinski definition) is 2. The number of aryl methyl sites for hydroxylation is 1. The van der Waals surface area contributed by atoms with Crippen molar-refractivity contribution in [2.75, 3.05) is 12.0 Å². The van der Waals surface area contributed by atoms with Crippen LogP contribution in [0.15, 0.2) is 95.7 Å². The van der Waals surface area contributed by atoms with Crippen LogP contribution in [0.3, 0.4) is 0 Å². The van der Waals surface area contributed by atoms with Gasteiger partial charge >= 0.3 is 0 Å². The van der Waals surface area contributed by atoms with Gasteiger partial charge in [0.05, 0.1) is 7.11 Å². The lowest BCUT2D eigenvalue weighted by Gasteiger charge is -2.45. The number of nitrogens with zero attached hydrogens (tertiary/aromatic N) is 1. The van der Waals surface area contributed by atoms with E-state index < -0.39 is 5.92 Å². The number of aliphatic hydroxyl groups is 1. The number of methoxy groups -OCH3 is 1. The van der Waals surface area contributed by atoms with E-state index in [0.717, 1.165) is 22.5 Å². The molecule has 5 rings (SSSR count). The highest BCUT2D eigenvalue weighted by Gasteiger charge is 2.46. The van der Waals surface area contributed by atoms with Crippen LogP contribution in [0.25, 0.3) is 5.76 Å². The first kappa shape index (κ1) is 24.6. The number of aliphatic hydroxyl groups excluding tert-OH is 1. The maximum atomic E-state index is 13.9. The molecular weight excluding hydrogens is 460 g/mol. The molecular formula is C32H32N2O3. The van der Waals surface area contributed by atoms with E-state index in [1.165, 1.54) is 0 Å². The van der Waals surface area contributed by atoms with E-state index in [4.69, 9.17) is 4.74 Å². The van der Waals surface area contributed by atoms with Crippen LogP contribution in [0, 0.1) is 17.7 Å². The van der Waals surface area contributed by atoms with Gasteiger partial charge in [0.25, 0.3) is 0 Å². The van der Waals surface area contributed by atoms with Crippen molar-refractivity contribution in [2.45, 2.75) is 39.5 Å². The van der Waals surface area contributed by atoms with E-state index in [0.29, 0.717) is 35.3 Å². The third kappa shape index (κ3) is 4.46. The highest BCUT2D eigenvalue weighted by molar-refractivity contribution is 6.19. The summed E-state index contributed by atoms with van der Waals surface area (Å²) in [6.07, 6.45) is 1.06. The summed E-state index contributed by atoms with van der Waals surface area (Å²) < 4.78 is 5.37. The molecule has 5 heteroatoms. The molecule has 1 aliphatic carbocycles. The predicted molar refractivity (Wildman–Crippen MR) is 148 cm³/mol. The Bertz CT molecular complexity index is 1420. The Morgan fingerprint density at radius 2 is 1.62 bits per heavy atom. The fourth-order valence-electron chi connectivity index (χ4n) is 5.47. The Kier molecular flexibility index (Phi) is 6.24. The van der Waals surface area contributed by atoms with Gasteiger partial charge in [0.2, 0.25) is 0 Å². The number of carbonyl (C=O) groups is 1. The van der Waals surface area contributed by atoms with Crippen LogP contribution in [0.2, 0.25) is 0 Å². The molecule has 2 aliphatic rings. The first-order valence-corrected chi connectivity index (χ1v) is 12.5. The van der Waals surface area contributed by atoms with E-state index in [-0.39, 0.29) is 22.8 Å². The van der Waals surface area contributed by atoms with Crippen LogP contribution in [-0.4, -0.2) is 23.8 Å². The molecule has 5 nitrogen and oxygen atoms in total. The van der Waals surface area contributed by atoms with E-state index in [2.05, 4.69) is 13.8 Å². The van der Waals surface area contributed by atoms with Crippen LogP contribution in [-0.2, 0) is 4.79 Å². The molecule has 1 aliphatic heterocycles. The van der Waals surface area contributed by atoms with Crippen molar-refractivity contribution >= 4 is 23.1 Å². The maximum Gasteiger partial charge on any atom is 0.162 e. The third-order valence-electron chi connectivity index (χ3n) is 7.27. The van der Waals surface area contributed by atoms with Gasteiger partial charge in [-0.2, -0.15) is 0 Å². The van der Waals surface area contributed by atoms with Crippen LogP contribution in [0.5, 0.6) is 5.75 Å². The van der Waals surface area contributed by atoms with Gasteiger partial charge in [-0.3, -0.25) is 15.1 Å². The SMILES string of the molecule is COc1ccc([C@H]2C(=C(O)c3ccc(C)cc3)C(=N)N(c3ccccc3)C3=C2C(=O)CC(C)(C)C3)cc1. The van der Waals surface area contributed by atoms with Crippen molar-refractivity contribution in [1.82, 2.24) is 0 Å². The predicted octanol–water partition coefficient (Wildman–Crippen LogP) is 7.20. The van der Waals surface area contributed by atoms with E-state index in [1.807, 2.05) is 90.7 Å². The Hall–Kier alpha value is -4.12. The van der Waals surface area contributed by atoms with Crippen LogP contribution < -0.4 is 9.64 Å². The zero-order valence-corrected chi connectivity index (χ0v) is 21.7. The molecule has 0 saturated carbocycles. The van der Waals surface area contributed by atoms with E-state index in [1.54, 1.807) is 7.11 Å². The van der Waals surface area contributed by atoms with Crippen molar-refractivity contribution in [3.05, 3.63) is 112 Å². The van der Waals surface area contributed by atoms with Crippen molar-refractivity contribution in [1.29, 1.82) is 5.41 Å². The average Bonchev–Trinajstić information content (AvgIpc) is 2.88. The minimum atomic E-state index is -0.571. The first-order chi connectivity index (χ1) is 17.7. The molecule has 0 saturated heterocycles. The number of Topliss-reactive ketones (excluding diaryl/α,β-unsaturated/α-hetero) is 1. The second-order valence-electron chi connectivity index (χ2n) is 10.7. The number of hydrogen-bond acceptors (Lipinski definition) is 4. The largest absolute Gasteiger partial charge is 0.507 e. The van der Waals surface area contributed by atoms with E-state index >= 15 is 0 Å². The fourth-order valence-corrected chi connectivity index (χ4v) is 5.47. The minimum Gasteiger partial charge on any atom is -0.507 e. The number of amidine groups is 1. The Morgan fingerprint density at radius 1 is 0.973 bits per heavy atom. The van der Waals surface area contributed by atoms with Gasteiger partial charge < -0.3 is 9.84 Å². The van der Waals surface area contributed by atoms with E-state index in [9.17, 15) is 15.3 Å². The van der Waals surface area contributed by atoms with Crippen molar-refractivity contribution in [2.24, 2.45) is 5.41 Å². The van der Waals surface area contributed by atoms with Gasteiger partial charge in [-0.1, -0.05) is 74.0 Å². The molecule has 0 amide bonds. The van der Waals surface area contributed by atoms with Gasteiger partial charge in [0.1, 0.15) is 17.3 Å². The van der Waals surface area contributed by atoms with Crippen LogP contribution in [0.4, 0.5) is 5.69 Å². The number of carbonyl (C=O) groups excluding carboxylic acids is 1. The summed E-state index contributed by atoms with van der Waals surface area (Å²) in [7, 11) is 1.62. The summed E-state index contributed by atoms with van der Waals surface area (Å²) in [4.78, 5) is 15.8. The summed E-state index contributed by atoms with van der Waals surface area (Å²) in [5.74, 6) is 0.373. The third-order valence-corrected chi connectivity index (χ3v) is 7.27.